The molecule has 0 aliphatic rings. The van der Waals surface area contributed by atoms with Crippen LogP contribution in [0.25, 0.3) is 0 Å². The molecule has 14 heavy (non-hydrogen) atoms. The molecule has 0 aliphatic carbocycles. The average Bonchev–Trinajstić information content (AvgIpc) is 2.03. The number of pyridine rings is 1. The molecule has 0 N–H and O–H groups in total. The lowest BCUT2D eigenvalue weighted by Crippen LogP contribution is -2.38. The standard InChI is InChI=1S/C7H8NO.BF4/c1-7(9)8-5-3-2-4-6-8;2-1(3,4)5/h2-6H,1H3;/q+1;-1. The molecular formula is C7H8BF4NO. The first-order chi connectivity index (χ1) is 6.30. The maximum atomic E-state index is 10.6. The SMILES string of the molecule is CC(=O)[n+]1ccccc1.F[B-](F)(F)F. The van der Waals surface area contributed by atoms with Gasteiger partial charge >= 0.3 is 13.2 Å². The minimum atomic E-state index is -6.00. The van der Waals surface area contributed by atoms with Crippen LogP contribution in [0.3, 0.4) is 0 Å². The Labute approximate surface area is 78.3 Å². The van der Waals surface area contributed by atoms with Gasteiger partial charge < -0.3 is 17.3 Å². The van der Waals surface area contributed by atoms with E-state index in [1.165, 1.54) is 11.5 Å². The minimum absolute atomic E-state index is 0.0376. The number of halogens is 4. The molecule has 78 valence electrons. The molecule has 0 fully saturated rings. The number of hydrogen-bond acceptors (Lipinski definition) is 1. The van der Waals surface area contributed by atoms with Gasteiger partial charge in [0.1, 0.15) is 0 Å². The molecule has 0 saturated heterocycles. The van der Waals surface area contributed by atoms with Gasteiger partial charge in [0.2, 0.25) is 0 Å². The number of rotatable bonds is 0. The van der Waals surface area contributed by atoms with Crippen LogP contribution in [0.2, 0.25) is 0 Å². The van der Waals surface area contributed by atoms with Gasteiger partial charge in [-0.25, -0.2) is 4.79 Å². The van der Waals surface area contributed by atoms with E-state index in [1.807, 2.05) is 18.2 Å². The second-order valence-corrected chi connectivity index (χ2v) is 2.30. The zero-order valence-corrected chi connectivity index (χ0v) is 7.33. The van der Waals surface area contributed by atoms with Crippen LogP contribution in [-0.4, -0.2) is 13.2 Å². The van der Waals surface area contributed by atoms with E-state index in [-0.39, 0.29) is 5.91 Å². The number of hydrogen-bond donors (Lipinski definition) is 0. The number of nitrogens with zero attached hydrogens (tertiary/aromatic N) is 1. The molecule has 2 nitrogen and oxygen atoms in total. The first-order valence-corrected chi connectivity index (χ1v) is 3.65. The van der Waals surface area contributed by atoms with Crippen molar-refractivity contribution in [2.24, 2.45) is 0 Å². The van der Waals surface area contributed by atoms with E-state index >= 15 is 0 Å². The molecule has 0 atom stereocenters. The Balaban J connectivity index is 0.000000292. The van der Waals surface area contributed by atoms with Crippen LogP contribution < -0.4 is 4.57 Å². The van der Waals surface area contributed by atoms with Crippen molar-refractivity contribution < 1.29 is 26.6 Å². The van der Waals surface area contributed by atoms with Crippen LogP contribution in [0.4, 0.5) is 17.3 Å². The smallest absolute Gasteiger partial charge is 0.418 e. The van der Waals surface area contributed by atoms with Crippen molar-refractivity contribution in [2.45, 2.75) is 6.92 Å². The van der Waals surface area contributed by atoms with Crippen molar-refractivity contribution in [3.05, 3.63) is 30.6 Å². The summed E-state index contributed by atoms with van der Waals surface area (Å²) in [5.74, 6) is 0.0376. The summed E-state index contributed by atoms with van der Waals surface area (Å²) >= 11 is 0. The molecule has 0 unspecified atom stereocenters. The van der Waals surface area contributed by atoms with Crippen molar-refractivity contribution in [3.8, 4) is 0 Å². The fraction of sp³-hybridized carbons (Fsp3) is 0.143. The van der Waals surface area contributed by atoms with E-state index in [9.17, 15) is 22.1 Å². The average molecular weight is 209 g/mol. The summed E-state index contributed by atoms with van der Waals surface area (Å²) in [4.78, 5) is 10.6. The molecule has 0 bridgehead atoms. The van der Waals surface area contributed by atoms with Crippen molar-refractivity contribution in [1.29, 1.82) is 0 Å². The second-order valence-electron chi connectivity index (χ2n) is 2.30. The molecular weight excluding hydrogens is 201 g/mol. The highest BCUT2D eigenvalue weighted by atomic mass is 19.5. The van der Waals surface area contributed by atoms with E-state index in [2.05, 4.69) is 0 Å². The van der Waals surface area contributed by atoms with E-state index in [0.717, 1.165) is 0 Å². The minimum Gasteiger partial charge on any atom is -0.418 e. The van der Waals surface area contributed by atoms with Gasteiger partial charge in [0.25, 0.3) is 0 Å². The topological polar surface area (TPSA) is 20.9 Å². The van der Waals surface area contributed by atoms with E-state index in [0.29, 0.717) is 0 Å². The summed E-state index contributed by atoms with van der Waals surface area (Å²) in [7, 11) is -6.00. The molecule has 1 rings (SSSR count). The molecule has 0 saturated carbocycles. The molecule has 7 heteroatoms. The van der Waals surface area contributed by atoms with Gasteiger partial charge in [0.05, 0.1) is 6.92 Å². The number of aromatic nitrogens is 1. The summed E-state index contributed by atoms with van der Waals surface area (Å²) in [5, 5.41) is 0. The van der Waals surface area contributed by atoms with Crippen molar-refractivity contribution in [2.75, 3.05) is 0 Å². The molecule has 0 spiro atoms. The Hall–Kier alpha value is -1.40. The van der Waals surface area contributed by atoms with Gasteiger partial charge in [-0.15, -0.1) is 4.57 Å². The predicted molar refractivity (Wildman–Crippen MR) is 43.1 cm³/mol. The van der Waals surface area contributed by atoms with Crippen LogP contribution in [-0.2, 0) is 0 Å². The van der Waals surface area contributed by atoms with Crippen molar-refractivity contribution in [3.63, 3.8) is 0 Å². The van der Waals surface area contributed by atoms with Crippen LogP contribution in [0.15, 0.2) is 30.6 Å². The van der Waals surface area contributed by atoms with E-state index in [4.69, 9.17) is 0 Å². The Morgan fingerprint density at radius 2 is 1.43 bits per heavy atom. The van der Waals surface area contributed by atoms with Gasteiger partial charge in [-0.1, -0.05) is 6.07 Å². The Morgan fingerprint density at radius 3 is 1.64 bits per heavy atom. The second kappa shape index (κ2) is 5.36. The summed E-state index contributed by atoms with van der Waals surface area (Å²) < 4.78 is 40.5. The molecule has 1 heterocycles. The maximum absolute atomic E-state index is 10.6. The first-order valence-electron chi connectivity index (χ1n) is 3.65. The quantitative estimate of drug-likeness (QED) is 0.363. The third kappa shape index (κ3) is 8.70. The van der Waals surface area contributed by atoms with Crippen LogP contribution in [0.1, 0.15) is 11.7 Å². The highest BCUT2D eigenvalue weighted by Crippen LogP contribution is 2.06. The summed E-state index contributed by atoms with van der Waals surface area (Å²) in [6, 6.07) is 5.52. The Morgan fingerprint density at radius 1 is 1.07 bits per heavy atom. The van der Waals surface area contributed by atoms with Crippen LogP contribution in [0, 0.1) is 0 Å². The molecule has 0 amide bonds. The Kier molecular flexibility index (Phi) is 4.83. The maximum Gasteiger partial charge on any atom is 0.673 e. The number of carbonyl (C=O) groups excluding carboxylic acids is 1. The zero-order valence-electron chi connectivity index (χ0n) is 7.33. The lowest BCUT2D eigenvalue weighted by Gasteiger charge is -1.94. The molecule has 1 aromatic rings. The van der Waals surface area contributed by atoms with Gasteiger partial charge in [-0.2, -0.15) is 0 Å². The predicted octanol–water partition coefficient (Wildman–Crippen LogP) is 1.93. The zero-order chi connectivity index (χ0) is 11.2. The van der Waals surface area contributed by atoms with Gasteiger partial charge in [-0.3, -0.25) is 0 Å². The summed E-state index contributed by atoms with van der Waals surface area (Å²) in [6.07, 6.45) is 3.45. The summed E-state index contributed by atoms with van der Waals surface area (Å²) in [5.41, 5.74) is 0. The van der Waals surface area contributed by atoms with Crippen molar-refractivity contribution in [1.82, 2.24) is 0 Å². The molecule has 0 radical (unpaired) electrons. The van der Waals surface area contributed by atoms with Gasteiger partial charge in [0, 0.05) is 12.1 Å². The van der Waals surface area contributed by atoms with E-state index in [1.54, 1.807) is 12.4 Å². The highest BCUT2D eigenvalue weighted by molar-refractivity contribution is 6.50. The van der Waals surface area contributed by atoms with Crippen LogP contribution >= 0.6 is 0 Å². The fourth-order valence-electron chi connectivity index (χ4n) is 0.609. The lowest BCUT2D eigenvalue weighted by atomic mass is 10.3. The molecule has 1 aromatic heterocycles. The van der Waals surface area contributed by atoms with Gasteiger partial charge in [-0.05, 0) is 0 Å². The summed E-state index contributed by atoms with van der Waals surface area (Å²) in [6.45, 7) is 1.53. The van der Waals surface area contributed by atoms with E-state index < -0.39 is 7.25 Å². The third-order valence-electron chi connectivity index (χ3n) is 1.08. The monoisotopic (exact) mass is 209 g/mol. The lowest BCUT2D eigenvalue weighted by molar-refractivity contribution is -0.572. The Bertz CT molecular complexity index is 281. The van der Waals surface area contributed by atoms with Crippen LogP contribution in [0.5, 0.6) is 0 Å². The third-order valence-corrected chi connectivity index (χ3v) is 1.08. The highest BCUT2D eigenvalue weighted by Gasteiger charge is 2.20. The largest absolute Gasteiger partial charge is 0.673 e. The normalized spacial score (nSPS) is 10.1. The van der Waals surface area contributed by atoms with Gasteiger partial charge in [0.15, 0.2) is 12.4 Å². The fourth-order valence-corrected chi connectivity index (χ4v) is 0.609. The van der Waals surface area contributed by atoms with Crippen molar-refractivity contribution >= 4 is 13.2 Å². The first kappa shape index (κ1) is 12.6. The molecule has 0 aromatic carbocycles. The molecule has 0 aliphatic heterocycles. The number of carbonyl (C=O) groups is 1.